The molecule has 150 valence electrons. The zero-order valence-electron chi connectivity index (χ0n) is 16.4. The Hall–Kier alpha value is -2.48. The smallest absolute Gasteiger partial charge is 0.240 e. The van der Waals surface area contributed by atoms with Gasteiger partial charge in [-0.2, -0.15) is 5.10 Å². The fourth-order valence-corrected chi connectivity index (χ4v) is 3.67. The van der Waals surface area contributed by atoms with Gasteiger partial charge in [-0.3, -0.25) is 19.3 Å². The molecule has 0 aliphatic carbocycles. The maximum atomic E-state index is 12.4. The predicted octanol–water partition coefficient (Wildman–Crippen LogP) is 2.68. The molecule has 1 atom stereocenters. The van der Waals surface area contributed by atoms with Crippen LogP contribution in [0.1, 0.15) is 31.7 Å². The number of aromatic nitrogens is 3. The van der Waals surface area contributed by atoms with Crippen LogP contribution in [-0.2, 0) is 16.1 Å². The van der Waals surface area contributed by atoms with Crippen molar-refractivity contribution >= 4 is 24.0 Å². The molecule has 0 radical (unpaired) electrons. The van der Waals surface area contributed by atoms with Gasteiger partial charge in [0.25, 0.3) is 0 Å². The van der Waals surface area contributed by atoms with Crippen molar-refractivity contribution in [3.8, 4) is 11.4 Å². The Morgan fingerprint density at radius 1 is 1.32 bits per heavy atom. The number of aromatic amines is 1. The molecular weight excluding hydrogens is 374 g/mol. The third kappa shape index (κ3) is 5.07. The van der Waals surface area contributed by atoms with Gasteiger partial charge in [0.15, 0.2) is 10.6 Å². The van der Waals surface area contributed by atoms with Gasteiger partial charge in [-0.05, 0) is 37.9 Å². The molecule has 2 aromatic rings. The van der Waals surface area contributed by atoms with Crippen molar-refractivity contribution in [1.29, 1.82) is 0 Å². The summed E-state index contributed by atoms with van der Waals surface area (Å²) in [5.74, 6) is 1.09. The molecule has 1 aromatic heterocycles. The van der Waals surface area contributed by atoms with Crippen molar-refractivity contribution in [2.75, 3.05) is 19.6 Å². The van der Waals surface area contributed by atoms with Gasteiger partial charge in [-0.25, -0.2) is 0 Å². The maximum Gasteiger partial charge on any atom is 0.240 e. The normalized spacial score (nSPS) is 16.8. The maximum absolute atomic E-state index is 12.4. The summed E-state index contributed by atoms with van der Waals surface area (Å²) in [6, 6.07) is 7.88. The van der Waals surface area contributed by atoms with Gasteiger partial charge >= 0.3 is 0 Å². The zero-order valence-corrected chi connectivity index (χ0v) is 17.2. The molecule has 1 aromatic carbocycles. The van der Waals surface area contributed by atoms with Crippen molar-refractivity contribution in [2.24, 2.45) is 5.92 Å². The highest BCUT2D eigenvalue weighted by atomic mass is 32.1. The quantitative estimate of drug-likeness (QED) is 0.729. The van der Waals surface area contributed by atoms with Crippen molar-refractivity contribution in [3.05, 3.63) is 34.6 Å². The average Bonchev–Trinajstić information content (AvgIpc) is 3.03. The SMILES string of the molecule is Cc1ccc(-c2n[nH]c(=S)n2CC(=O)NCCC(=O)N2CCCC(C)C2)cc1. The van der Waals surface area contributed by atoms with Crippen LogP contribution in [0.15, 0.2) is 24.3 Å². The van der Waals surface area contributed by atoms with Crippen LogP contribution in [0.5, 0.6) is 0 Å². The topological polar surface area (TPSA) is 83.0 Å². The predicted molar refractivity (Wildman–Crippen MR) is 110 cm³/mol. The number of nitrogens with zero attached hydrogens (tertiary/aromatic N) is 3. The highest BCUT2D eigenvalue weighted by molar-refractivity contribution is 7.71. The summed E-state index contributed by atoms with van der Waals surface area (Å²) in [5, 5.41) is 9.82. The molecular formula is C20H27N5O2S. The molecule has 0 saturated carbocycles. The minimum Gasteiger partial charge on any atom is -0.354 e. The lowest BCUT2D eigenvalue weighted by atomic mass is 10.00. The fourth-order valence-electron chi connectivity index (χ4n) is 3.47. The van der Waals surface area contributed by atoms with Crippen LogP contribution < -0.4 is 5.32 Å². The molecule has 3 rings (SSSR count). The summed E-state index contributed by atoms with van der Waals surface area (Å²) in [6.07, 6.45) is 2.55. The van der Waals surface area contributed by atoms with Crippen LogP contribution in [0, 0.1) is 17.6 Å². The first kappa shape index (κ1) is 20.3. The molecule has 28 heavy (non-hydrogen) atoms. The number of hydrogen-bond donors (Lipinski definition) is 2. The molecule has 0 bridgehead atoms. The monoisotopic (exact) mass is 401 g/mol. The van der Waals surface area contributed by atoms with Crippen molar-refractivity contribution in [2.45, 2.75) is 39.7 Å². The Labute approximate surface area is 170 Å². The second-order valence-corrected chi connectivity index (χ2v) is 7.88. The average molecular weight is 402 g/mol. The summed E-state index contributed by atoms with van der Waals surface area (Å²) in [6.45, 7) is 6.21. The number of H-pyrrole nitrogens is 1. The van der Waals surface area contributed by atoms with E-state index in [0.29, 0.717) is 29.5 Å². The first-order valence-electron chi connectivity index (χ1n) is 9.70. The Balaban J connectivity index is 1.54. The van der Waals surface area contributed by atoms with E-state index in [1.807, 2.05) is 36.1 Å². The second kappa shape index (κ2) is 9.14. The van der Waals surface area contributed by atoms with E-state index in [1.165, 1.54) is 6.42 Å². The Morgan fingerprint density at radius 3 is 2.79 bits per heavy atom. The molecule has 2 N–H and O–H groups in total. The minimum atomic E-state index is -0.189. The summed E-state index contributed by atoms with van der Waals surface area (Å²) in [7, 11) is 0. The number of aryl methyl sites for hydroxylation is 1. The summed E-state index contributed by atoms with van der Waals surface area (Å²) >= 11 is 5.27. The van der Waals surface area contributed by atoms with E-state index >= 15 is 0 Å². The van der Waals surface area contributed by atoms with E-state index in [4.69, 9.17) is 12.2 Å². The summed E-state index contributed by atoms with van der Waals surface area (Å²) in [4.78, 5) is 26.6. The van der Waals surface area contributed by atoms with Gasteiger partial charge < -0.3 is 10.2 Å². The first-order chi connectivity index (χ1) is 13.4. The number of carbonyl (C=O) groups is 2. The van der Waals surface area contributed by atoms with Crippen LogP contribution in [0.2, 0.25) is 0 Å². The first-order valence-corrected chi connectivity index (χ1v) is 10.1. The molecule has 1 aliphatic rings. The van der Waals surface area contributed by atoms with E-state index < -0.39 is 0 Å². The molecule has 1 aliphatic heterocycles. The number of hydrogen-bond acceptors (Lipinski definition) is 4. The highest BCUT2D eigenvalue weighted by Crippen LogP contribution is 2.18. The molecule has 8 heteroatoms. The number of nitrogens with one attached hydrogen (secondary N) is 2. The molecule has 2 heterocycles. The van der Waals surface area contributed by atoms with Crippen LogP contribution in [0.25, 0.3) is 11.4 Å². The van der Waals surface area contributed by atoms with Crippen molar-refractivity contribution in [3.63, 3.8) is 0 Å². The third-order valence-corrected chi connectivity index (χ3v) is 5.35. The molecule has 7 nitrogen and oxygen atoms in total. The fraction of sp³-hybridized carbons (Fsp3) is 0.500. The summed E-state index contributed by atoms with van der Waals surface area (Å²) in [5.41, 5.74) is 2.04. The zero-order chi connectivity index (χ0) is 20.1. The standard InChI is InChI=1S/C20H27N5O2S/c1-14-5-7-16(8-6-14)19-22-23-20(28)25(19)13-17(26)21-10-9-18(27)24-11-3-4-15(2)12-24/h5-8,15H,3-4,9-13H2,1-2H3,(H,21,26)(H,23,28). The van der Waals surface area contributed by atoms with E-state index in [9.17, 15) is 9.59 Å². The van der Waals surface area contributed by atoms with Crippen molar-refractivity contribution < 1.29 is 9.59 Å². The van der Waals surface area contributed by atoms with Crippen molar-refractivity contribution in [1.82, 2.24) is 25.0 Å². The largest absolute Gasteiger partial charge is 0.354 e. The third-order valence-electron chi connectivity index (χ3n) is 5.04. The van der Waals surface area contributed by atoms with Crippen LogP contribution in [0.4, 0.5) is 0 Å². The van der Waals surface area contributed by atoms with Gasteiger partial charge in [0.05, 0.1) is 0 Å². The number of amides is 2. The lowest BCUT2D eigenvalue weighted by Crippen LogP contribution is -2.40. The lowest BCUT2D eigenvalue weighted by Gasteiger charge is -2.31. The second-order valence-electron chi connectivity index (χ2n) is 7.49. The Morgan fingerprint density at radius 2 is 2.07 bits per heavy atom. The van der Waals surface area contributed by atoms with E-state index in [-0.39, 0.29) is 18.4 Å². The lowest BCUT2D eigenvalue weighted by molar-refractivity contribution is -0.132. The number of carbonyl (C=O) groups excluding carboxylic acids is 2. The number of likely N-dealkylation sites (tertiary alicyclic amines) is 1. The Kier molecular flexibility index (Phi) is 6.61. The molecule has 1 unspecified atom stereocenters. The number of piperidine rings is 1. The van der Waals surface area contributed by atoms with E-state index in [0.717, 1.165) is 30.6 Å². The van der Waals surface area contributed by atoms with Crippen LogP contribution in [-0.4, -0.2) is 51.1 Å². The van der Waals surface area contributed by atoms with Gasteiger partial charge in [-0.15, -0.1) is 0 Å². The van der Waals surface area contributed by atoms with E-state index in [1.54, 1.807) is 4.57 Å². The van der Waals surface area contributed by atoms with E-state index in [2.05, 4.69) is 22.4 Å². The van der Waals surface area contributed by atoms with Crippen LogP contribution in [0.3, 0.4) is 0 Å². The molecule has 1 fully saturated rings. The van der Waals surface area contributed by atoms with Gasteiger partial charge in [-0.1, -0.05) is 36.8 Å². The van der Waals surface area contributed by atoms with Gasteiger partial charge in [0.1, 0.15) is 6.54 Å². The Bertz CT molecular complexity index is 887. The van der Waals surface area contributed by atoms with Gasteiger partial charge in [0.2, 0.25) is 11.8 Å². The molecule has 0 spiro atoms. The van der Waals surface area contributed by atoms with Gasteiger partial charge in [0, 0.05) is 31.6 Å². The highest BCUT2D eigenvalue weighted by Gasteiger charge is 2.20. The number of benzene rings is 1. The van der Waals surface area contributed by atoms with Crippen LogP contribution >= 0.6 is 12.2 Å². The molecule has 2 amide bonds. The molecule has 1 saturated heterocycles. The minimum absolute atomic E-state index is 0.0630. The summed E-state index contributed by atoms with van der Waals surface area (Å²) < 4.78 is 2.06. The number of rotatable bonds is 6.